The van der Waals surface area contributed by atoms with Gasteiger partial charge in [0.1, 0.15) is 0 Å². The molecule has 0 aliphatic heterocycles. The van der Waals surface area contributed by atoms with Gasteiger partial charge in [0.05, 0.1) is 5.60 Å². The molecule has 1 aromatic carbocycles. The van der Waals surface area contributed by atoms with Crippen molar-refractivity contribution in [1.29, 1.82) is 0 Å². The van der Waals surface area contributed by atoms with Gasteiger partial charge in [0.2, 0.25) is 0 Å². The van der Waals surface area contributed by atoms with Crippen molar-refractivity contribution in [3.63, 3.8) is 0 Å². The number of aliphatic hydroxyl groups is 1. The Bertz CT molecular complexity index is 390. The molecular weight excluding hydrogens is 260 g/mol. The third-order valence-corrected chi connectivity index (χ3v) is 3.28. The van der Waals surface area contributed by atoms with Crippen molar-refractivity contribution in [3.05, 3.63) is 29.3 Å². The maximum Gasteiger partial charge on any atom is 0.187 e. The molecule has 0 spiro atoms. The van der Waals surface area contributed by atoms with E-state index in [1.807, 2.05) is 6.26 Å². The number of rotatable bonds is 6. The summed E-state index contributed by atoms with van der Waals surface area (Å²) in [6, 6.07) is 2.13. The van der Waals surface area contributed by atoms with Crippen LogP contribution in [0.2, 0.25) is 0 Å². The molecule has 0 amide bonds. The van der Waals surface area contributed by atoms with Gasteiger partial charge in [-0.05, 0) is 30.9 Å². The van der Waals surface area contributed by atoms with Gasteiger partial charge >= 0.3 is 0 Å². The molecule has 0 aromatic heterocycles. The summed E-state index contributed by atoms with van der Waals surface area (Å²) >= 11 is 1.52. The van der Waals surface area contributed by atoms with Crippen molar-refractivity contribution in [2.75, 3.05) is 18.6 Å². The normalized spacial score (nSPS) is 14.5. The topological polar surface area (TPSA) is 52.5 Å². The van der Waals surface area contributed by atoms with Crippen LogP contribution in [0.4, 0.5) is 8.78 Å². The summed E-state index contributed by atoms with van der Waals surface area (Å²) in [5.41, 5.74) is -0.490. The van der Waals surface area contributed by atoms with Crippen LogP contribution < -0.4 is 5.32 Å². The van der Waals surface area contributed by atoms with E-state index in [2.05, 4.69) is 5.32 Å². The van der Waals surface area contributed by atoms with E-state index in [4.69, 9.17) is 5.11 Å². The molecule has 6 heteroatoms. The predicted molar refractivity (Wildman–Crippen MR) is 68.7 cm³/mol. The fourth-order valence-electron chi connectivity index (χ4n) is 1.56. The summed E-state index contributed by atoms with van der Waals surface area (Å²) in [5, 5.41) is 21.7. The monoisotopic (exact) mass is 277 g/mol. The zero-order valence-corrected chi connectivity index (χ0v) is 11.2. The number of halogens is 2. The van der Waals surface area contributed by atoms with E-state index >= 15 is 0 Å². The Morgan fingerprint density at radius 2 is 1.89 bits per heavy atom. The van der Waals surface area contributed by atoms with Crippen molar-refractivity contribution in [1.82, 2.24) is 5.32 Å². The van der Waals surface area contributed by atoms with Gasteiger partial charge in [-0.1, -0.05) is 0 Å². The van der Waals surface area contributed by atoms with Crippen molar-refractivity contribution in [3.8, 4) is 5.75 Å². The molecule has 1 atom stereocenters. The molecule has 1 unspecified atom stereocenters. The number of nitrogens with one attached hydrogen (secondary N) is 1. The highest BCUT2D eigenvalue weighted by atomic mass is 32.2. The number of hydrogen-bond donors (Lipinski definition) is 3. The quantitative estimate of drug-likeness (QED) is 0.743. The SMILES string of the molecule is CSCC(C)(O)CNCc1cc(F)c(O)c(F)c1. The Hall–Kier alpha value is -0.850. The van der Waals surface area contributed by atoms with Crippen molar-refractivity contribution in [2.24, 2.45) is 0 Å². The van der Waals surface area contributed by atoms with E-state index in [1.54, 1.807) is 6.92 Å². The Morgan fingerprint density at radius 3 is 2.39 bits per heavy atom. The second kappa shape index (κ2) is 6.36. The van der Waals surface area contributed by atoms with E-state index in [0.29, 0.717) is 17.9 Å². The Labute approximate surface area is 109 Å². The highest BCUT2D eigenvalue weighted by Crippen LogP contribution is 2.21. The lowest BCUT2D eigenvalue weighted by atomic mass is 10.1. The highest BCUT2D eigenvalue weighted by molar-refractivity contribution is 7.98. The molecule has 18 heavy (non-hydrogen) atoms. The average Bonchev–Trinajstić information content (AvgIpc) is 2.25. The lowest BCUT2D eigenvalue weighted by Gasteiger charge is -2.22. The van der Waals surface area contributed by atoms with Crippen molar-refractivity contribution < 1.29 is 19.0 Å². The second-order valence-corrected chi connectivity index (χ2v) is 5.31. The number of hydrogen-bond acceptors (Lipinski definition) is 4. The first-order valence-corrected chi connectivity index (χ1v) is 6.84. The molecule has 102 valence electrons. The van der Waals surface area contributed by atoms with Gasteiger partial charge in [-0.25, -0.2) is 8.78 Å². The van der Waals surface area contributed by atoms with Gasteiger partial charge in [0.15, 0.2) is 17.4 Å². The molecule has 0 heterocycles. The first kappa shape index (κ1) is 15.2. The van der Waals surface area contributed by atoms with Crippen LogP contribution in [0.15, 0.2) is 12.1 Å². The third kappa shape index (κ3) is 4.44. The van der Waals surface area contributed by atoms with Gasteiger partial charge < -0.3 is 15.5 Å². The highest BCUT2D eigenvalue weighted by Gasteiger charge is 2.19. The van der Waals surface area contributed by atoms with Crippen molar-refractivity contribution in [2.45, 2.75) is 19.1 Å². The van der Waals surface area contributed by atoms with Crippen LogP contribution in [0.5, 0.6) is 5.75 Å². The number of benzene rings is 1. The van der Waals surface area contributed by atoms with Crippen LogP contribution in [0.3, 0.4) is 0 Å². The fraction of sp³-hybridized carbons (Fsp3) is 0.500. The van der Waals surface area contributed by atoms with Crippen LogP contribution in [-0.2, 0) is 6.54 Å². The van der Waals surface area contributed by atoms with Gasteiger partial charge in [-0.3, -0.25) is 0 Å². The van der Waals surface area contributed by atoms with Gasteiger partial charge in [0, 0.05) is 18.8 Å². The van der Waals surface area contributed by atoms with Gasteiger partial charge in [-0.2, -0.15) is 11.8 Å². The lowest BCUT2D eigenvalue weighted by molar-refractivity contribution is 0.0846. The number of thioether (sulfide) groups is 1. The smallest absolute Gasteiger partial charge is 0.187 e. The fourth-order valence-corrected chi connectivity index (χ4v) is 2.28. The van der Waals surface area contributed by atoms with Crippen LogP contribution in [0.1, 0.15) is 12.5 Å². The minimum atomic E-state index is -0.984. The molecule has 1 aromatic rings. The van der Waals surface area contributed by atoms with E-state index in [1.165, 1.54) is 11.8 Å². The molecule has 0 aliphatic carbocycles. The van der Waals surface area contributed by atoms with Crippen LogP contribution in [0.25, 0.3) is 0 Å². The molecular formula is C12H17F2NO2S. The molecule has 0 aliphatic rings. The maximum absolute atomic E-state index is 13.1. The standard InChI is InChI=1S/C12H17F2NO2S/c1-12(17,7-18-2)6-15-5-8-3-9(13)11(16)10(14)4-8/h3-4,15-17H,5-7H2,1-2H3. The molecule has 3 N–H and O–H groups in total. The number of phenols is 1. The Kier molecular flexibility index (Phi) is 5.37. The summed E-state index contributed by atoms with van der Waals surface area (Å²) in [6.45, 7) is 2.23. The molecule has 0 saturated carbocycles. The van der Waals surface area contributed by atoms with Gasteiger partial charge in [0.25, 0.3) is 0 Å². The zero-order valence-electron chi connectivity index (χ0n) is 10.3. The third-order valence-electron chi connectivity index (χ3n) is 2.37. The minimum absolute atomic E-state index is 0.221. The molecule has 0 radical (unpaired) electrons. The van der Waals surface area contributed by atoms with E-state index < -0.39 is 23.0 Å². The summed E-state index contributed by atoms with van der Waals surface area (Å²) in [6.07, 6.45) is 1.89. The number of aromatic hydroxyl groups is 1. The lowest BCUT2D eigenvalue weighted by Crippen LogP contribution is -2.39. The van der Waals surface area contributed by atoms with Crippen LogP contribution in [0, 0.1) is 11.6 Å². The zero-order chi connectivity index (χ0) is 13.8. The molecule has 1 rings (SSSR count). The molecule has 0 bridgehead atoms. The first-order valence-electron chi connectivity index (χ1n) is 5.44. The Morgan fingerprint density at radius 1 is 1.33 bits per heavy atom. The molecule has 0 saturated heterocycles. The van der Waals surface area contributed by atoms with E-state index in [0.717, 1.165) is 12.1 Å². The second-order valence-electron chi connectivity index (χ2n) is 4.44. The van der Waals surface area contributed by atoms with E-state index in [9.17, 15) is 13.9 Å². The first-order chi connectivity index (χ1) is 8.35. The Balaban J connectivity index is 2.54. The van der Waals surface area contributed by atoms with Gasteiger partial charge in [-0.15, -0.1) is 0 Å². The summed E-state index contributed by atoms with van der Waals surface area (Å²) < 4.78 is 26.1. The minimum Gasteiger partial charge on any atom is -0.503 e. The molecule has 0 fully saturated rings. The maximum atomic E-state index is 13.1. The van der Waals surface area contributed by atoms with Crippen LogP contribution in [-0.4, -0.2) is 34.4 Å². The molecule has 3 nitrogen and oxygen atoms in total. The van der Waals surface area contributed by atoms with E-state index in [-0.39, 0.29) is 6.54 Å². The largest absolute Gasteiger partial charge is 0.503 e. The summed E-state index contributed by atoms with van der Waals surface area (Å²) in [7, 11) is 0. The summed E-state index contributed by atoms with van der Waals surface area (Å²) in [5.74, 6) is -2.36. The summed E-state index contributed by atoms with van der Waals surface area (Å²) in [4.78, 5) is 0. The average molecular weight is 277 g/mol. The predicted octanol–water partition coefficient (Wildman–Crippen LogP) is 1.87. The van der Waals surface area contributed by atoms with Crippen molar-refractivity contribution >= 4 is 11.8 Å². The van der Waals surface area contributed by atoms with Crippen LogP contribution >= 0.6 is 11.8 Å². The number of phenolic OH excluding ortho intramolecular Hbond substituents is 1.